The number of methoxy groups -OCH3 is 1. The van der Waals surface area contributed by atoms with E-state index in [-0.39, 0.29) is 5.91 Å². The van der Waals surface area contributed by atoms with Crippen LogP contribution in [0.15, 0.2) is 36.5 Å². The van der Waals surface area contributed by atoms with Crippen LogP contribution in [0.3, 0.4) is 0 Å². The van der Waals surface area contributed by atoms with E-state index in [0.717, 1.165) is 11.4 Å². The van der Waals surface area contributed by atoms with Gasteiger partial charge in [-0.25, -0.2) is 0 Å². The highest BCUT2D eigenvalue weighted by Gasteiger charge is 2.11. The highest BCUT2D eigenvalue weighted by Crippen LogP contribution is 2.30. The number of para-hydroxylation sites is 1. The van der Waals surface area contributed by atoms with Crippen molar-refractivity contribution in [1.29, 1.82) is 0 Å². The number of aromatic nitrogens is 1. The van der Waals surface area contributed by atoms with Crippen molar-refractivity contribution in [2.75, 3.05) is 25.6 Å². The predicted molar refractivity (Wildman–Crippen MR) is 97.0 cm³/mol. The van der Waals surface area contributed by atoms with Crippen molar-refractivity contribution in [3.8, 4) is 0 Å². The van der Waals surface area contributed by atoms with E-state index in [9.17, 15) is 4.79 Å². The molecule has 5 heteroatoms. The monoisotopic (exact) mass is 327 g/mol. The standard InChI is InChI=1S/C19H25N3O2/c1-13(2)16-7-5-6-14(3)18(16)22-15-8-9-20-17(12-15)19(23)21-10-11-24-4/h5-9,12-13H,10-11H2,1-4H3,(H,20,22)(H,21,23). The Morgan fingerprint density at radius 2 is 2.08 bits per heavy atom. The van der Waals surface area contributed by atoms with Gasteiger partial charge in [-0.1, -0.05) is 32.0 Å². The van der Waals surface area contributed by atoms with Crippen LogP contribution in [-0.4, -0.2) is 31.2 Å². The van der Waals surface area contributed by atoms with Gasteiger partial charge in [0.2, 0.25) is 0 Å². The Morgan fingerprint density at radius 3 is 2.79 bits per heavy atom. The molecule has 2 rings (SSSR count). The van der Waals surface area contributed by atoms with Crippen LogP contribution in [0.25, 0.3) is 0 Å². The zero-order chi connectivity index (χ0) is 17.5. The average molecular weight is 327 g/mol. The summed E-state index contributed by atoms with van der Waals surface area (Å²) < 4.78 is 4.93. The maximum absolute atomic E-state index is 12.1. The van der Waals surface area contributed by atoms with E-state index < -0.39 is 0 Å². The van der Waals surface area contributed by atoms with Crippen molar-refractivity contribution >= 4 is 17.3 Å². The largest absolute Gasteiger partial charge is 0.383 e. The minimum Gasteiger partial charge on any atom is -0.383 e. The molecule has 0 atom stereocenters. The summed E-state index contributed by atoms with van der Waals surface area (Å²) in [4.78, 5) is 16.3. The number of pyridine rings is 1. The molecule has 0 fully saturated rings. The number of benzene rings is 1. The van der Waals surface area contributed by atoms with Crippen molar-refractivity contribution in [2.45, 2.75) is 26.7 Å². The Bertz CT molecular complexity index is 699. The molecule has 0 saturated carbocycles. The van der Waals surface area contributed by atoms with Crippen molar-refractivity contribution in [3.63, 3.8) is 0 Å². The SMILES string of the molecule is COCCNC(=O)c1cc(Nc2c(C)cccc2C(C)C)ccn1. The molecule has 1 aromatic heterocycles. The van der Waals surface area contributed by atoms with E-state index in [1.54, 1.807) is 19.4 Å². The molecule has 0 aliphatic carbocycles. The minimum atomic E-state index is -0.204. The maximum Gasteiger partial charge on any atom is 0.270 e. The predicted octanol–water partition coefficient (Wildman–Crippen LogP) is 3.63. The van der Waals surface area contributed by atoms with Gasteiger partial charge in [0.1, 0.15) is 5.69 Å². The van der Waals surface area contributed by atoms with E-state index >= 15 is 0 Å². The molecule has 2 aromatic rings. The molecule has 5 nitrogen and oxygen atoms in total. The van der Waals surface area contributed by atoms with Gasteiger partial charge in [-0.2, -0.15) is 0 Å². The molecule has 24 heavy (non-hydrogen) atoms. The first-order chi connectivity index (χ1) is 11.5. The first-order valence-electron chi connectivity index (χ1n) is 8.12. The molecule has 128 valence electrons. The first kappa shape index (κ1) is 17.9. The molecule has 0 saturated heterocycles. The Morgan fingerprint density at radius 1 is 1.29 bits per heavy atom. The second-order valence-corrected chi connectivity index (χ2v) is 6.00. The van der Waals surface area contributed by atoms with Crippen LogP contribution in [0.2, 0.25) is 0 Å². The summed E-state index contributed by atoms with van der Waals surface area (Å²) in [5.74, 6) is 0.204. The van der Waals surface area contributed by atoms with Crippen molar-refractivity contribution in [2.24, 2.45) is 0 Å². The van der Waals surface area contributed by atoms with Gasteiger partial charge in [-0.15, -0.1) is 0 Å². The summed E-state index contributed by atoms with van der Waals surface area (Å²) in [7, 11) is 1.60. The molecule has 0 bridgehead atoms. The molecule has 0 unspecified atom stereocenters. The number of hydrogen-bond acceptors (Lipinski definition) is 4. The lowest BCUT2D eigenvalue weighted by atomic mass is 9.98. The van der Waals surface area contributed by atoms with Gasteiger partial charge in [0, 0.05) is 31.2 Å². The maximum atomic E-state index is 12.1. The number of nitrogens with zero attached hydrogens (tertiary/aromatic N) is 1. The summed E-state index contributed by atoms with van der Waals surface area (Å²) in [6.45, 7) is 7.35. The topological polar surface area (TPSA) is 63.2 Å². The second kappa shape index (κ2) is 8.45. The number of amides is 1. The molecule has 0 spiro atoms. The number of hydrogen-bond donors (Lipinski definition) is 2. The highest BCUT2D eigenvalue weighted by molar-refractivity contribution is 5.93. The third-order valence-electron chi connectivity index (χ3n) is 3.78. The number of nitrogens with one attached hydrogen (secondary N) is 2. The third-order valence-corrected chi connectivity index (χ3v) is 3.78. The Balaban J connectivity index is 2.20. The fourth-order valence-electron chi connectivity index (χ4n) is 2.48. The third kappa shape index (κ3) is 4.55. The van der Waals surface area contributed by atoms with Crippen LogP contribution in [0.1, 0.15) is 41.4 Å². The summed E-state index contributed by atoms with van der Waals surface area (Å²) in [6, 6.07) is 9.89. The second-order valence-electron chi connectivity index (χ2n) is 6.00. The van der Waals surface area contributed by atoms with Crippen LogP contribution in [0.4, 0.5) is 11.4 Å². The van der Waals surface area contributed by atoms with Gasteiger partial charge in [-0.05, 0) is 36.1 Å². The number of carbonyl (C=O) groups excluding carboxylic acids is 1. The lowest BCUT2D eigenvalue weighted by Crippen LogP contribution is -2.27. The van der Waals surface area contributed by atoms with Gasteiger partial charge < -0.3 is 15.4 Å². The number of aryl methyl sites for hydroxylation is 1. The van der Waals surface area contributed by atoms with E-state index in [4.69, 9.17) is 4.74 Å². The van der Waals surface area contributed by atoms with E-state index in [1.807, 2.05) is 6.07 Å². The van der Waals surface area contributed by atoms with Crippen LogP contribution in [0.5, 0.6) is 0 Å². The van der Waals surface area contributed by atoms with E-state index in [0.29, 0.717) is 24.8 Å². The number of carbonyl (C=O) groups is 1. The summed E-state index contributed by atoms with van der Waals surface area (Å²) in [6.07, 6.45) is 1.64. The van der Waals surface area contributed by atoms with E-state index in [1.165, 1.54) is 11.1 Å². The fourth-order valence-corrected chi connectivity index (χ4v) is 2.48. The Kier molecular flexibility index (Phi) is 6.32. The van der Waals surface area contributed by atoms with Gasteiger partial charge >= 0.3 is 0 Å². The molecule has 1 aromatic carbocycles. The molecule has 0 aliphatic heterocycles. The lowest BCUT2D eigenvalue weighted by molar-refractivity contribution is 0.0932. The normalized spacial score (nSPS) is 10.7. The molecule has 0 aliphatic rings. The zero-order valence-corrected chi connectivity index (χ0v) is 14.7. The Labute approximate surface area is 143 Å². The van der Waals surface area contributed by atoms with Gasteiger partial charge in [-0.3, -0.25) is 9.78 Å². The van der Waals surface area contributed by atoms with Crippen LogP contribution in [-0.2, 0) is 4.74 Å². The minimum absolute atomic E-state index is 0.204. The van der Waals surface area contributed by atoms with Crippen LogP contribution < -0.4 is 10.6 Å². The average Bonchev–Trinajstić information content (AvgIpc) is 2.57. The van der Waals surface area contributed by atoms with Crippen molar-refractivity contribution < 1.29 is 9.53 Å². The van der Waals surface area contributed by atoms with Crippen molar-refractivity contribution in [1.82, 2.24) is 10.3 Å². The molecule has 0 radical (unpaired) electrons. The highest BCUT2D eigenvalue weighted by atomic mass is 16.5. The van der Waals surface area contributed by atoms with E-state index in [2.05, 4.69) is 54.6 Å². The molecule has 1 heterocycles. The first-order valence-corrected chi connectivity index (χ1v) is 8.12. The van der Waals surface area contributed by atoms with Gasteiger partial charge in [0.05, 0.1) is 6.61 Å². The number of rotatable bonds is 7. The van der Waals surface area contributed by atoms with Crippen molar-refractivity contribution in [3.05, 3.63) is 53.3 Å². The molecular weight excluding hydrogens is 302 g/mol. The van der Waals surface area contributed by atoms with Crippen LogP contribution in [0, 0.1) is 6.92 Å². The Hall–Kier alpha value is -2.40. The fraction of sp³-hybridized carbons (Fsp3) is 0.368. The zero-order valence-electron chi connectivity index (χ0n) is 14.7. The molecule has 2 N–H and O–H groups in total. The number of ether oxygens (including phenoxy) is 1. The summed E-state index contributed by atoms with van der Waals surface area (Å²) >= 11 is 0. The number of anilines is 2. The summed E-state index contributed by atoms with van der Waals surface area (Å²) in [5.41, 5.74) is 4.74. The lowest BCUT2D eigenvalue weighted by Gasteiger charge is -2.17. The summed E-state index contributed by atoms with van der Waals surface area (Å²) in [5, 5.41) is 6.22. The smallest absolute Gasteiger partial charge is 0.270 e. The molecular formula is C19H25N3O2. The van der Waals surface area contributed by atoms with Crippen LogP contribution >= 0.6 is 0 Å². The van der Waals surface area contributed by atoms with Gasteiger partial charge in [0.25, 0.3) is 5.91 Å². The quantitative estimate of drug-likeness (QED) is 0.762. The molecule has 1 amide bonds. The van der Waals surface area contributed by atoms with Gasteiger partial charge in [0.15, 0.2) is 0 Å².